The Labute approximate surface area is 118 Å². The van der Waals surface area contributed by atoms with Crippen molar-refractivity contribution in [2.45, 2.75) is 0 Å². The van der Waals surface area contributed by atoms with Crippen molar-refractivity contribution >= 4 is 23.1 Å². The SMILES string of the molecule is O=C(O)c1cccc2c(Cl)nc(-c3ccc(F)cc3)n12. The first-order chi connectivity index (χ1) is 9.58. The van der Waals surface area contributed by atoms with Gasteiger partial charge in [-0.15, -0.1) is 0 Å². The predicted octanol–water partition coefficient (Wildman–Crippen LogP) is 3.49. The minimum atomic E-state index is -1.09. The van der Waals surface area contributed by atoms with Crippen LogP contribution in [0.1, 0.15) is 10.5 Å². The van der Waals surface area contributed by atoms with Crippen LogP contribution in [0.2, 0.25) is 5.15 Å². The van der Waals surface area contributed by atoms with Crippen LogP contribution >= 0.6 is 11.6 Å². The van der Waals surface area contributed by atoms with Gasteiger partial charge < -0.3 is 5.11 Å². The molecular formula is C14H8ClFN2O2. The molecule has 0 spiro atoms. The van der Waals surface area contributed by atoms with Crippen LogP contribution in [-0.2, 0) is 0 Å². The van der Waals surface area contributed by atoms with E-state index >= 15 is 0 Å². The van der Waals surface area contributed by atoms with E-state index in [1.807, 2.05) is 0 Å². The summed E-state index contributed by atoms with van der Waals surface area (Å²) in [6.45, 7) is 0. The van der Waals surface area contributed by atoms with Gasteiger partial charge in [-0.2, -0.15) is 0 Å². The van der Waals surface area contributed by atoms with Crippen LogP contribution in [0.15, 0.2) is 42.5 Å². The van der Waals surface area contributed by atoms with Crippen LogP contribution in [0.4, 0.5) is 4.39 Å². The summed E-state index contributed by atoms with van der Waals surface area (Å²) in [5.74, 6) is -1.10. The summed E-state index contributed by atoms with van der Waals surface area (Å²) in [5, 5.41) is 9.46. The summed E-state index contributed by atoms with van der Waals surface area (Å²) in [6.07, 6.45) is 0. The average molecular weight is 291 g/mol. The van der Waals surface area contributed by atoms with Crippen molar-refractivity contribution in [3.8, 4) is 11.4 Å². The number of nitrogens with zero attached hydrogens (tertiary/aromatic N) is 2. The van der Waals surface area contributed by atoms with Crippen LogP contribution < -0.4 is 0 Å². The first-order valence-corrected chi connectivity index (χ1v) is 6.12. The van der Waals surface area contributed by atoms with Gasteiger partial charge in [0, 0.05) is 5.56 Å². The lowest BCUT2D eigenvalue weighted by Crippen LogP contribution is -2.05. The van der Waals surface area contributed by atoms with Crippen LogP contribution in [0, 0.1) is 5.82 Å². The maximum absolute atomic E-state index is 13.0. The summed E-state index contributed by atoms with van der Waals surface area (Å²) in [6, 6.07) is 10.4. The number of rotatable bonds is 2. The Bertz CT molecular complexity index is 812. The normalized spacial score (nSPS) is 10.9. The predicted molar refractivity (Wildman–Crippen MR) is 72.6 cm³/mol. The van der Waals surface area contributed by atoms with Gasteiger partial charge in [-0.1, -0.05) is 17.7 Å². The molecule has 6 heteroatoms. The first-order valence-electron chi connectivity index (χ1n) is 5.74. The lowest BCUT2D eigenvalue weighted by Gasteiger charge is -2.05. The van der Waals surface area contributed by atoms with Gasteiger partial charge in [0.1, 0.15) is 17.3 Å². The standard InChI is InChI=1S/C14H8ClFN2O2/c15-12-10-2-1-3-11(14(19)20)18(10)13(17-12)8-4-6-9(16)7-5-8/h1-7H,(H,19,20). The number of aromatic carboxylic acids is 1. The van der Waals surface area contributed by atoms with Crippen molar-refractivity contribution < 1.29 is 14.3 Å². The molecule has 0 radical (unpaired) electrons. The third-order valence-corrected chi connectivity index (χ3v) is 3.22. The van der Waals surface area contributed by atoms with Crippen LogP contribution in [0.3, 0.4) is 0 Å². The molecule has 1 N–H and O–H groups in total. The highest BCUT2D eigenvalue weighted by atomic mass is 35.5. The zero-order chi connectivity index (χ0) is 14.3. The number of imidazole rings is 1. The zero-order valence-corrected chi connectivity index (χ0v) is 10.8. The Morgan fingerprint density at radius 1 is 1.20 bits per heavy atom. The molecule has 0 saturated carbocycles. The van der Waals surface area contributed by atoms with E-state index in [2.05, 4.69) is 4.98 Å². The molecule has 0 saturated heterocycles. The Morgan fingerprint density at radius 3 is 2.55 bits per heavy atom. The van der Waals surface area contributed by atoms with Crippen molar-refractivity contribution in [3.63, 3.8) is 0 Å². The molecule has 0 amide bonds. The summed E-state index contributed by atoms with van der Waals surface area (Å²) >= 11 is 6.04. The van der Waals surface area contributed by atoms with Crippen LogP contribution in [-0.4, -0.2) is 20.5 Å². The molecule has 1 aromatic carbocycles. The topological polar surface area (TPSA) is 54.6 Å². The smallest absolute Gasteiger partial charge is 0.352 e. The number of hydrogen-bond donors (Lipinski definition) is 1. The van der Waals surface area contributed by atoms with Crippen molar-refractivity contribution in [2.75, 3.05) is 0 Å². The fourth-order valence-corrected chi connectivity index (χ4v) is 2.29. The van der Waals surface area contributed by atoms with Gasteiger partial charge in [0.2, 0.25) is 0 Å². The number of halogens is 2. The molecule has 2 aromatic heterocycles. The number of carbonyl (C=O) groups is 1. The molecule has 0 aliphatic heterocycles. The Morgan fingerprint density at radius 2 is 1.90 bits per heavy atom. The van der Waals surface area contributed by atoms with Crippen LogP contribution in [0.25, 0.3) is 16.9 Å². The lowest BCUT2D eigenvalue weighted by atomic mass is 10.2. The third-order valence-electron chi connectivity index (χ3n) is 2.94. The molecule has 2 heterocycles. The monoisotopic (exact) mass is 290 g/mol. The van der Waals surface area contributed by atoms with E-state index in [9.17, 15) is 14.3 Å². The van der Waals surface area contributed by atoms with Crippen LogP contribution in [0.5, 0.6) is 0 Å². The fourth-order valence-electron chi connectivity index (χ4n) is 2.06. The second-order valence-corrected chi connectivity index (χ2v) is 4.53. The average Bonchev–Trinajstić information content (AvgIpc) is 2.77. The maximum Gasteiger partial charge on any atom is 0.352 e. The first kappa shape index (κ1) is 12.6. The van der Waals surface area contributed by atoms with Gasteiger partial charge >= 0.3 is 5.97 Å². The van der Waals surface area contributed by atoms with Gasteiger partial charge in [0.25, 0.3) is 0 Å². The molecular weight excluding hydrogens is 283 g/mol. The highest BCUT2D eigenvalue weighted by Crippen LogP contribution is 2.27. The molecule has 0 atom stereocenters. The van der Waals surface area contributed by atoms with E-state index in [-0.39, 0.29) is 16.7 Å². The van der Waals surface area contributed by atoms with Gasteiger partial charge in [-0.3, -0.25) is 4.40 Å². The number of pyridine rings is 1. The highest BCUT2D eigenvalue weighted by molar-refractivity contribution is 6.33. The van der Waals surface area contributed by atoms with Crippen molar-refractivity contribution in [1.29, 1.82) is 0 Å². The summed E-state index contributed by atoms with van der Waals surface area (Å²) in [4.78, 5) is 15.5. The largest absolute Gasteiger partial charge is 0.477 e. The summed E-state index contributed by atoms with van der Waals surface area (Å²) in [5.41, 5.74) is 1.12. The lowest BCUT2D eigenvalue weighted by molar-refractivity contribution is 0.0689. The molecule has 0 bridgehead atoms. The van der Waals surface area contributed by atoms with Gasteiger partial charge in [-0.05, 0) is 36.4 Å². The Balaban J connectivity index is 2.36. The third kappa shape index (κ3) is 1.92. The number of fused-ring (bicyclic) bond motifs is 1. The molecule has 0 fully saturated rings. The van der Waals surface area contributed by atoms with E-state index in [4.69, 9.17) is 11.6 Å². The molecule has 20 heavy (non-hydrogen) atoms. The van der Waals surface area contributed by atoms with E-state index < -0.39 is 5.97 Å². The van der Waals surface area contributed by atoms with E-state index in [0.717, 1.165) is 0 Å². The second kappa shape index (κ2) is 4.61. The van der Waals surface area contributed by atoms with E-state index in [1.54, 1.807) is 12.1 Å². The number of carboxylic acid groups (broad SMARTS) is 1. The Kier molecular flexibility index (Phi) is 2.91. The quantitative estimate of drug-likeness (QED) is 0.786. The van der Waals surface area contributed by atoms with E-state index in [0.29, 0.717) is 16.9 Å². The van der Waals surface area contributed by atoms with Gasteiger partial charge in [-0.25, -0.2) is 14.2 Å². The number of hydrogen-bond acceptors (Lipinski definition) is 2. The summed E-state index contributed by atoms with van der Waals surface area (Å²) in [7, 11) is 0. The van der Waals surface area contributed by atoms with Crippen molar-refractivity contribution in [2.24, 2.45) is 0 Å². The molecule has 3 aromatic rings. The zero-order valence-electron chi connectivity index (χ0n) is 10.0. The molecule has 0 aliphatic carbocycles. The van der Waals surface area contributed by atoms with Gasteiger partial charge in [0.05, 0.1) is 5.52 Å². The number of carboxylic acids is 1. The number of benzene rings is 1. The molecule has 3 rings (SSSR count). The minimum absolute atomic E-state index is 0.0428. The molecule has 0 unspecified atom stereocenters. The number of aromatic nitrogens is 2. The van der Waals surface area contributed by atoms with E-state index in [1.165, 1.54) is 34.7 Å². The molecule has 100 valence electrons. The fraction of sp³-hybridized carbons (Fsp3) is 0. The summed E-state index contributed by atoms with van der Waals surface area (Å²) < 4.78 is 14.4. The minimum Gasteiger partial charge on any atom is -0.477 e. The van der Waals surface area contributed by atoms with Crippen molar-refractivity contribution in [3.05, 3.63) is 59.1 Å². The molecule has 0 aliphatic rings. The highest BCUT2D eigenvalue weighted by Gasteiger charge is 2.17. The van der Waals surface area contributed by atoms with Gasteiger partial charge in [0.15, 0.2) is 5.15 Å². The second-order valence-electron chi connectivity index (χ2n) is 4.17. The molecule has 4 nitrogen and oxygen atoms in total. The Hall–Kier alpha value is -2.40. The van der Waals surface area contributed by atoms with Crippen molar-refractivity contribution in [1.82, 2.24) is 9.38 Å². The maximum atomic E-state index is 13.0.